The Bertz CT molecular complexity index is 1560. The molecule has 5 rings (SSSR count). The second-order valence-corrected chi connectivity index (χ2v) is 10.1. The number of methoxy groups -OCH3 is 2. The van der Waals surface area contributed by atoms with E-state index in [1.807, 2.05) is 42.5 Å². The predicted octanol–water partition coefficient (Wildman–Crippen LogP) is 5.07. The Kier molecular flexibility index (Phi) is 9.41. The van der Waals surface area contributed by atoms with Crippen molar-refractivity contribution in [2.75, 3.05) is 21.0 Å². The van der Waals surface area contributed by atoms with Gasteiger partial charge in [0.05, 0.1) is 20.6 Å². The van der Waals surface area contributed by atoms with E-state index in [1.54, 1.807) is 48.4 Å². The van der Waals surface area contributed by atoms with Crippen molar-refractivity contribution in [2.45, 2.75) is 32.0 Å². The molecule has 0 radical (unpaired) electrons. The quantitative estimate of drug-likeness (QED) is 0.250. The van der Waals surface area contributed by atoms with Crippen LogP contribution in [-0.2, 0) is 35.5 Å². The highest BCUT2D eigenvalue weighted by Gasteiger charge is 2.30. The molecule has 4 aromatic rings. The first kappa shape index (κ1) is 29.4. The molecule has 4 aromatic carbocycles. The van der Waals surface area contributed by atoms with Crippen molar-refractivity contribution in [3.63, 3.8) is 0 Å². The maximum atomic E-state index is 14.0. The molecule has 222 valence electrons. The normalized spacial score (nSPS) is 12.3. The van der Waals surface area contributed by atoms with Crippen LogP contribution >= 0.6 is 0 Å². The van der Waals surface area contributed by atoms with Gasteiger partial charge in [-0.05, 0) is 58.7 Å². The van der Waals surface area contributed by atoms with Crippen molar-refractivity contribution in [3.8, 4) is 23.0 Å². The van der Waals surface area contributed by atoms with E-state index in [2.05, 4.69) is 5.32 Å². The largest absolute Gasteiger partial charge is 0.493 e. The Morgan fingerprint density at radius 3 is 2.26 bits per heavy atom. The zero-order valence-electron chi connectivity index (χ0n) is 24.0. The minimum absolute atomic E-state index is 0.0162. The third kappa shape index (κ3) is 7.43. The molecule has 2 amide bonds. The van der Waals surface area contributed by atoms with Crippen LogP contribution in [0, 0.1) is 5.82 Å². The van der Waals surface area contributed by atoms with Gasteiger partial charge in [0.25, 0.3) is 0 Å². The van der Waals surface area contributed by atoms with Crippen molar-refractivity contribution >= 4 is 11.8 Å². The third-order valence-corrected chi connectivity index (χ3v) is 7.24. The van der Waals surface area contributed by atoms with Crippen LogP contribution in [0.3, 0.4) is 0 Å². The number of nitrogens with zero attached hydrogens (tertiary/aromatic N) is 1. The van der Waals surface area contributed by atoms with Crippen molar-refractivity contribution < 1.29 is 32.9 Å². The van der Waals surface area contributed by atoms with Gasteiger partial charge in [0, 0.05) is 19.5 Å². The summed E-state index contributed by atoms with van der Waals surface area (Å²) < 4.78 is 35.4. The molecule has 43 heavy (non-hydrogen) atoms. The molecule has 9 heteroatoms. The number of amides is 2. The van der Waals surface area contributed by atoms with E-state index >= 15 is 0 Å². The van der Waals surface area contributed by atoms with Crippen molar-refractivity contribution in [1.29, 1.82) is 0 Å². The van der Waals surface area contributed by atoms with Crippen LogP contribution in [0.2, 0.25) is 0 Å². The number of carbonyl (C=O) groups is 2. The highest BCUT2D eigenvalue weighted by Crippen LogP contribution is 2.32. The summed E-state index contributed by atoms with van der Waals surface area (Å²) in [6, 6.07) is 25.4. The van der Waals surface area contributed by atoms with E-state index in [0.717, 1.165) is 11.1 Å². The Hall–Kier alpha value is -5.05. The molecule has 1 heterocycles. The number of hydrogen-bond acceptors (Lipinski definition) is 6. The SMILES string of the molecule is COc1ccc(CC(=O)N(Cc2ccc(F)cc2)C(Cc2ccccc2)C(=O)NCc2ccc3c(c2)OCO3)cc1OC. The maximum Gasteiger partial charge on any atom is 0.243 e. The van der Waals surface area contributed by atoms with Crippen LogP contribution in [0.4, 0.5) is 4.39 Å². The van der Waals surface area contributed by atoms with Crippen molar-refractivity contribution in [2.24, 2.45) is 0 Å². The fourth-order valence-electron chi connectivity index (χ4n) is 4.97. The molecule has 1 unspecified atom stereocenters. The van der Waals surface area contributed by atoms with Crippen LogP contribution in [0.5, 0.6) is 23.0 Å². The molecule has 0 aromatic heterocycles. The number of benzene rings is 4. The fraction of sp³-hybridized carbons (Fsp3) is 0.235. The lowest BCUT2D eigenvalue weighted by Crippen LogP contribution is -2.50. The zero-order chi connectivity index (χ0) is 30.2. The summed E-state index contributed by atoms with van der Waals surface area (Å²) in [5.41, 5.74) is 3.13. The lowest BCUT2D eigenvalue weighted by atomic mass is 10.0. The topological polar surface area (TPSA) is 86.3 Å². The molecule has 0 bridgehead atoms. The average molecular weight is 585 g/mol. The number of nitrogens with one attached hydrogen (secondary N) is 1. The summed E-state index contributed by atoms with van der Waals surface area (Å²) in [5, 5.41) is 3.01. The van der Waals surface area contributed by atoms with Crippen molar-refractivity contribution in [1.82, 2.24) is 10.2 Å². The van der Waals surface area contributed by atoms with Crippen LogP contribution in [0.25, 0.3) is 0 Å². The van der Waals surface area contributed by atoms with E-state index in [1.165, 1.54) is 19.2 Å². The lowest BCUT2D eigenvalue weighted by molar-refractivity contribution is -0.140. The van der Waals surface area contributed by atoms with Crippen LogP contribution < -0.4 is 24.3 Å². The maximum absolute atomic E-state index is 14.0. The number of halogens is 1. The second-order valence-electron chi connectivity index (χ2n) is 10.1. The molecule has 1 aliphatic rings. The fourth-order valence-corrected chi connectivity index (χ4v) is 4.97. The molecular weight excluding hydrogens is 551 g/mol. The van der Waals surface area contributed by atoms with Crippen LogP contribution in [-0.4, -0.2) is 43.8 Å². The van der Waals surface area contributed by atoms with E-state index < -0.39 is 6.04 Å². The second kappa shape index (κ2) is 13.7. The first-order valence-corrected chi connectivity index (χ1v) is 13.9. The first-order valence-electron chi connectivity index (χ1n) is 13.9. The van der Waals surface area contributed by atoms with Gasteiger partial charge < -0.3 is 29.2 Å². The van der Waals surface area contributed by atoms with Gasteiger partial charge in [-0.15, -0.1) is 0 Å². The van der Waals surface area contributed by atoms with Gasteiger partial charge in [0.2, 0.25) is 18.6 Å². The van der Waals surface area contributed by atoms with E-state index in [-0.39, 0.29) is 50.4 Å². The third-order valence-electron chi connectivity index (χ3n) is 7.24. The smallest absolute Gasteiger partial charge is 0.243 e. The molecule has 0 fully saturated rings. The zero-order valence-corrected chi connectivity index (χ0v) is 24.0. The number of carbonyl (C=O) groups excluding carboxylic acids is 2. The molecule has 0 aliphatic carbocycles. The van der Waals surface area contributed by atoms with Crippen molar-refractivity contribution in [3.05, 3.63) is 119 Å². The summed E-state index contributed by atoms with van der Waals surface area (Å²) >= 11 is 0. The van der Waals surface area contributed by atoms with Crippen LogP contribution in [0.15, 0.2) is 91.0 Å². The lowest BCUT2D eigenvalue weighted by Gasteiger charge is -2.32. The van der Waals surface area contributed by atoms with Gasteiger partial charge in [0.15, 0.2) is 23.0 Å². The Morgan fingerprint density at radius 2 is 1.51 bits per heavy atom. The summed E-state index contributed by atoms with van der Waals surface area (Å²) in [4.78, 5) is 29.5. The Labute approximate surface area is 249 Å². The van der Waals surface area contributed by atoms with Gasteiger partial charge in [-0.2, -0.15) is 0 Å². The predicted molar refractivity (Wildman–Crippen MR) is 159 cm³/mol. The number of ether oxygens (including phenoxy) is 4. The Balaban J connectivity index is 1.44. The summed E-state index contributed by atoms with van der Waals surface area (Å²) in [6.45, 7) is 0.501. The highest BCUT2D eigenvalue weighted by molar-refractivity contribution is 5.89. The molecule has 8 nitrogen and oxygen atoms in total. The number of hydrogen-bond donors (Lipinski definition) is 1. The molecular formula is C34H33FN2O6. The van der Waals surface area contributed by atoms with Gasteiger partial charge in [-0.3, -0.25) is 9.59 Å². The van der Waals surface area contributed by atoms with Gasteiger partial charge in [-0.25, -0.2) is 4.39 Å². The monoisotopic (exact) mass is 584 g/mol. The number of fused-ring (bicyclic) bond motifs is 1. The average Bonchev–Trinajstić information content (AvgIpc) is 3.51. The van der Waals surface area contributed by atoms with Gasteiger partial charge >= 0.3 is 0 Å². The molecule has 1 aliphatic heterocycles. The molecule has 1 N–H and O–H groups in total. The van der Waals surface area contributed by atoms with E-state index in [9.17, 15) is 14.0 Å². The standard InChI is InChI=1S/C34H33FN2O6/c1-40-29-14-10-25(17-31(29)41-2)19-33(38)37(21-24-8-12-27(35)13-9-24)28(16-23-6-4-3-5-7-23)34(39)36-20-26-11-15-30-32(18-26)43-22-42-30/h3-15,17-18,28H,16,19-22H2,1-2H3,(H,36,39). The summed E-state index contributed by atoms with van der Waals surface area (Å²) in [5.74, 6) is 1.36. The molecule has 0 saturated heterocycles. The van der Waals surface area contributed by atoms with Gasteiger partial charge in [0.1, 0.15) is 11.9 Å². The number of rotatable bonds is 12. The Morgan fingerprint density at radius 1 is 0.814 bits per heavy atom. The van der Waals surface area contributed by atoms with Crippen LogP contribution in [0.1, 0.15) is 22.3 Å². The first-order chi connectivity index (χ1) is 20.9. The molecule has 0 spiro atoms. The minimum Gasteiger partial charge on any atom is -0.493 e. The minimum atomic E-state index is -0.853. The van der Waals surface area contributed by atoms with E-state index in [0.29, 0.717) is 34.1 Å². The summed E-state index contributed by atoms with van der Waals surface area (Å²) in [6.07, 6.45) is 0.301. The van der Waals surface area contributed by atoms with Gasteiger partial charge in [-0.1, -0.05) is 54.6 Å². The molecule has 0 saturated carbocycles. The molecule has 1 atom stereocenters. The summed E-state index contributed by atoms with van der Waals surface area (Å²) in [7, 11) is 3.08. The van der Waals surface area contributed by atoms with E-state index in [4.69, 9.17) is 18.9 Å². The highest BCUT2D eigenvalue weighted by atomic mass is 19.1.